The molecule has 0 unspecified atom stereocenters. The highest BCUT2D eigenvalue weighted by Gasteiger charge is 2.22. The molecule has 1 saturated heterocycles. The first-order chi connectivity index (χ1) is 12.7. The third-order valence-corrected chi connectivity index (χ3v) is 5.11. The van der Waals surface area contributed by atoms with Gasteiger partial charge in [0, 0.05) is 25.0 Å². The lowest BCUT2D eigenvalue weighted by atomic mass is 10.1. The topological polar surface area (TPSA) is 85.2 Å². The fraction of sp³-hybridized carbons (Fsp3) is 0.389. The summed E-state index contributed by atoms with van der Waals surface area (Å²) >= 11 is 1.33. The van der Waals surface area contributed by atoms with Gasteiger partial charge in [-0.1, -0.05) is 17.8 Å². The first-order valence-corrected chi connectivity index (χ1v) is 9.53. The maximum absolute atomic E-state index is 12.2. The largest absolute Gasteiger partial charge is 0.497 e. The standard InChI is InChI=1S/C18H22N4O3S/c1-25-14-6-4-5-13(11-14)22-10-9-20-18(22)26-12-16(23)21-15-7-2-3-8-19-17(15)24/h4-6,9-11,15H,2-3,7-8,12H2,1H3,(H,19,24)(H,21,23)/t15-/m0/s1. The minimum Gasteiger partial charge on any atom is -0.497 e. The van der Waals surface area contributed by atoms with Crippen molar-refractivity contribution in [2.75, 3.05) is 19.4 Å². The minimum atomic E-state index is -0.441. The summed E-state index contributed by atoms with van der Waals surface area (Å²) in [4.78, 5) is 28.5. The number of carbonyl (C=O) groups is 2. The fourth-order valence-corrected chi connectivity index (χ4v) is 3.58. The highest BCUT2D eigenvalue weighted by Crippen LogP contribution is 2.23. The molecule has 1 aromatic carbocycles. The summed E-state index contributed by atoms with van der Waals surface area (Å²) in [5.41, 5.74) is 0.910. The number of hydrogen-bond donors (Lipinski definition) is 2. The molecular formula is C18H22N4O3S. The number of carbonyl (C=O) groups excluding carboxylic acids is 2. The molecule has 0 spiro atoms. The van der Waals surface area contributed by atoms with Crippen LogP contribution in [-0.4, -0.2) is 46.8 Å². The molecule has 2 aromatic rings. The second kappa shape index (κ2) is 8.75. The Morgan fingerprint density at radius 3 is 3.19 bits per heavy atom. The Bertz CT molecular complexity index is 777. The van der Waals surface area contributed by atoms with Gasteiger partial charge in [-0.2, -0.15) is 0 Å². The van der Waals surface area contributed by atoms with Gasteiger partial charge >= 0.3 is 0 Å². The van der Waals surface area contributed by atoms with Crippen molar-refractivity contribution in [2.24, 2.45) is 0 Å². The van der Waals surface area contributed by atoms with E-state index in [4.69, 9.17) is 4.74 Å². The quantitative estimate of drug-likeness (QED) is 0.753. The molecule has 1 aliphatic rings. The van der Waals surface area contributed by atoms with Crippen molar-refractivity contribution in [3.8, 4) is 11.4 Å². The van der Waals surface area contributed by atoms with Gasteiger partial charge in [-0.3, -0.25) is 14.2 Å². The summed E-state index contributed by atoms with van der Waals surface area (Å²) in [5.74, 6) is 0.686. The third kappa shape index (κ3) is 4.57. The lowest BCUT2D eigenvalue weighted by Crippen LogP contribution is -2.46. The van der Waals surface area contributed by atoms with Crippen molar-refractivity contribution in [3.63, 3.8) is 0 Å². The first kappa shape index (κ1) is 18.3. The third-order valence-electron chi connectivity index (χ3n) is 4.14. The Morgan fingerprint density at radius 2 is 2.35 bits per heavy atom. The van der Waals surface area contributed by atoms with Crippen LogP contribution in [0.15, 0.2) is 41.8 Å². The Kier molecular flexibility index (Phi) is 6.17. The zero-order valence-corrected chi connectivity index (χ0v) is 15.4. The van der Waals surface area contributed by atoms with Crippen LogP contribution in [0, 0.1) is 0 Å². The number of rotatable bonds is 6. The summed E-state index contributed by atoms with van der Waals surface area (Å²) < 4.78 is 7.15. The number of amides is 2. The average molecular weight is 374 g/mol. The summed E-state index contributed by atoms with van der Waals surface area (Å²) in [6.45, 7) is 0.678. The molecule has 0 aliphatic carbocycles. The summed E-state index contributed by atoms with van der Waals surface area (Å²) in [7, 11) is 1.62. The molecule has 0 radical (unpaired) electrons. The molecule has 26 heavy (non-hydrogen) atoms. The Hall–Kier alpha value is -2.48. The van der Waals surface area contributed by atoms with Gasteiger partial charge in [-0.05, 0) is 31.4 Å². The Balaban J connectivity index is 1.60. The highest BCUT2D eigenvalue weighted by atomic mass is 32.2. The summed E-state index contributed by atoms with van der Waals surface area (Å²) in [6.07, 6.45) is 6.09. The molecule has 1 fully saturated rings. The number of thioether (sulfide) groups is 1. The van der Waals surface area contributed by atoms with E-state index in [0.717, 1.165) is 24.3 Å². The van der Waals surface area contributed by atoms with Gasteiger partial charge in [-0.25, -0.2) is 4.98 Å². The Morgan fingerprint density at radius 1 is 1.46 bits per heavy atom. The van der Waals surface area contributed by atoms with Crippen LogP contribution in [0.1, 0.15) is 19.3 Å². The van der Waals surface area contributed by atoms with Gasteiger partial charge in [0.15, 0.2) is 5.16 Å². The van der Waals surface area contributed by atoms with E-state index in [1.165, 1.54) is 11.8 Å². The van der Waals surface area contributed by atoms with E-state index in [-0.39, 0.29) is 17.6 Å². The number of ether oxygens (including phenoxy) is 1. The Labute approximate surface area is 156 Å². The van der Waals surface area contributed by atoms with E-state index >= 15 is 0 Å². The fourth-order valence-electron chi connectivity index (χ4n) is 2.80. The summed E-state index contributed by atoms with van der Waals surface area (Å²) in [6, 6.07) is 7.19. The van der Waals surface area contributed by atoms with Gasteiger partial charge in [0.1, 0.15) is 11.8 Å². The zero-order chi connectivity index (χ0) is 18.4. The molecule has 1 atom stereocenters. The normalized spacial score (nSPS) is 17.3. The lowest BCUT2D eigenvalue weighted by molar-refractivity contribution is -0.127. The summed E-state index contributed by atoms with van der Waals surface area (Å²) in [5, 5.41) is 6.35. The van der Waals surface area contributed by atoms with Crippen LogP contribution in [0.2, 0.25) is 0 Å². The molecule has 1 aromatic heterocycles. The second-order valence-electron chi connectivity index (χ2n) is 5.98. The van der Waals surface area contributed by atoms with Crippen molar-refractivity contribution >= 4 is 23.6 Å². The van der Waals surface area contributed by atoms with E-state index in [0.29, 0.717) is 18.1 Å². The molecule has 1 aliphatic heterocycles. The van der Waals surface area contributed by atoms with Crippen LogP contribution in [0.3, 0.4) is 0 Å². The number of nitrogens with one attached hydrogen (secondary N) is 2. The van der Waals surface area contributed by atoms with E-state index in [1.54, 1.807) is 13.3 Å². The van der Waals surface area contributed by atoms with Gasteiger partial charge < -0.3 is 15.4 Å². The maximum Gasteiger partial charge on any atom is 0.242 e. The van der Waals surface area contributed by atoms with Gasteiger partial charge in [0.25, 0.3) is 0 Å². The number of benzene rings is 1. The van der Waals surface area contributed by atoms with Crippen LogP contribution < -0.4 is 15.4 Å². The van der Waals surface area contributed by atoms with Crippen LogP contribution in [0.5, 0.6) is 5.75 Å². The molecule has 2 N–H and O–H groups in total. The van der Waals surface area contributed by atoms with E-state index in [2.05, 4.69) is 15.6 Å². The predicted octanol–water partition coefficient (Wildman–Crippen LogP) is 1.76. The van der Waals surface area contributed by atoms with Crippen LogP contribution in [0.4, 0.5) is 0 Å². The molecule has 2 heterocycles. The number of hydrogen-bond acceptors (Lipinski definition) is 5. The van der Waals surface area contributed by atoms with Crippen LogP contribution >= 0.6 is 11.8 Å². The second-order valence-corrected chi connectivity index (χ2v) is 6.92. The van der Waals surface area contributed by atoms with Crippen molar-refractivity contribution < 1.29 is 14.3 Å². The molecular weight excluding hydrogens is 352 g/mol. The number of nitrogens with zero attached hydrogens (tertiary/aromatic N) is 2. The lowest BCUT2D eigenvalue weighted by Gasteiger charge is -2.15. The predicted molar refractivity (Wildman–Crippen MR) is 99.6 cm³/mol. The van der Waals surface area contributed by atoms with Crippen LogP contribution in [0.25, 0.3) is 5.69 Å². The zero-order valence-electron chi connectivity index (χ0n) is 14.6. The molecule has 0 bridgehead atoms. The molecule has 0 saturated carbocycles. The first-order valence-electron chi connectivity index (χ1n) is 8.55. The molecule has 3 rings (SSSR count). The molecule has 8 heteroatoms. The van der Waals surface area contributed by atoms with Crippen molar-refractivity contribution in [3.05, 3.63) is 36.7 Å². The van der Waals surface area contributed by atoms with Crippen molar-refractivity contribution in [2.45, 2.75) is 30.5 Å². The monoisotopic (exact) mass is 374 g/mol. The SMILES string of the molecule is COc1cccc(-n2ccnc2SCC(=O)N[C@H]2CCCCNC2=O)c1. The smallest absolute Gasteiger partial charge is 0.242 e. The van der Waals surface area contributed by atoms with Gasteiger partial charge in [0.2, 0.25) is 11.8 Å². The number of methoxy groups -OCH3 is 1. The number of imidazole rings is 1. The van der Waals surface area contributed by atoms with E-state index < -0.39 is 6.04 Å². The highest BCUT2D eigenvalue weighted by molar-refractivity contribution is 7.99. The average Bonchev–Trinajstić information content (AvgIpc) is 3.04. The minimum absolute atomic E-state index is 0.0984. The van der Waals surface area contributed by atoms with E-state index in [1.807, 2.05) is 35.0 Å². The number of aromatic nitrogens is 2. The molecule has 7 nitrogen and oxygen atoms in total. The maximum atomic E-state index is 12.2. The van der Waals surface area contributed by atoms with Crippen molar-refractivity contribution in [1.82, 2.24) is 20.2 Å². The van der Waals surface area contributed by atoms with Gasteiger partial charge in [0.05, 0.1) is 18.6 Å². The molecule has 2 amide bonds. The van der Waals surface area contributed by atoms with Gasteiger partial charge in [-0.15, -0.1) is 0 Å². The van der Waals surface area contributed by atoms with E-state index in [9.17, 15) is 9.59 Å². The van der Waals surface area contributed by atoms with Crippen LogP contribution in [-0.2, 0) is 9.59 Å². The van der Waals surface area contributed by atoms with Crippen molar-refractivity contribution in [1.29, 1.82) is 0 Å². The molecule has 138 valence electrons.